The summed E-state index contributed by atoms with van der Waals surface area (Å²) in [5.74, 6) is -0.455. The molecule has 0 aromatic carbocycles. The number of ether oxygens (including phenoxy) is 2. The van der Waals surface area contributed by atoms with E-state index < -0.39 is 11.4 Å². The summed E-state index contributed by atoms with van der Waals surface area (Å²) in [7, 11) is 0. The minimum absolute atomic E-state index is 0.243. The Kier molecular flexibility index (Phi) is 8.12. The number of nitrogens with two attached hydrogens (primary N) is 2. The lowest BCUT2D eigenvalue weighted by atomic mass is 9.96. The SMILES string of the molecule is CC(C)OCCOCCCCC(C)(N)C(N)=O. The van der Waals surface area contributed by atoms with Gasteiger partial charge < -0.3 is 20.9 Å². The van der Waals surface area contributed by atoms with Crippen molar-refractivity contribution in [1.82, 2.24) is 0 Å². The quantitative estimate of drug-likeness (QED) is 0.558. The second-order valence-electron chi connectivity index (χ2n) is 4.77. The van der Waals surface area contributed by atoms with Gasteiger partial charge in [-0.3, -0.25) is 4.79 Å². The van der Waals surface area contributed by atoms with Gasteiger partial charge in [-0.25, -0.2) is 0 Å². The Morgan fingerprint density at radius 1 is 1.24 bits per heavy atom. The summed E-state index contributed by atoms with van der Waals surface area (Å²) >= 11 is 0. The molecule has 1 atom stereocenters. The molecule has 5 heteroatoms. The minimum atomic E-state index is -0.902. The molecule has 0 rings (SSSR count). The van der Waals surface area contributed by atoms with Crippen LogP contribution in [0.1, 0.15) is 40.0 Å². The lowest BCUT2D eigenvalue weighted by Gasteiger charge is -2.19. The Morgan fingerprint density at radius 3 is 2.41 bits per heavy atom. The first-order valence-corrected chi connectivity index (χ1v) is 6.14. The van der Waals surface area contributed by atoms with Crippen LogP contribution in [0.3, 0.4) is 0 Å². The van der Waals surface area contributed by atoms with Crippen LogP contribution in [0.15, 0.2) is 0 Å². The maximum atomic E-state index is 10.9. The third kappa shape index (κ3) is 9.09. The fraction of sp³-hybridized carbons (Fsp3) is 0.917. The Hall–Kier alpha value is -0.650. The van der Waals surface area contributed by atoms with Crippen molar-refractivity contribution in [3.8, 4) is 0 Å². The molecule has 0 radical (unpaired) electrons. The number of carbonyl (C=O) groups excluding carboxylic acids is 1. The van der Waals surface area contributed by atoms with Gasteiger partial charge in [0.25, 0.3) is 0 Å². The summed E-state index contributed by atoms with van der Waals surface area (Å²) in [5.41, 5.74) is 9.99. The zero-order valence-electron chi connectivity index (χ0n) is 11.2. The molecule has 0 bridgehead atoms. The van der Waals surface area contributed by atoms with Crippen molar-refractivity contribution in [1.29, 1.82) is 0 Å². The third-order valence-electron chi connectivity index (χ3n) is 2.48. The molecule has 0 aromatic rings. The van der Waals surface area contributed by atoms with Crippen molar-refractivity contribution >= 4 is 5.91 Å². The number of carbonyl (C=O) groups is 1. The molecule has 5 nitrogen and oxygen atoms in total. The number of hydrogen-bond donors (Lipinski definition) is 2. The Bertz CT molecular complexity index is 218. The molecule has 0 aliphatic rings. The molecule has 102 valence electrons. The van der Waals surface area contributed by atoms with E-state index >= 15 is 0 Å². The first kappa shape index (κ1) is 16.4. The van der Waals surface area contributed by atoms with Gasteiger partial charge in [0.2, 0.25) is 5.91 Å². The average Bonchev–Trinajstić information content (AvgIpc) is 2.21. The number of hydrogen-bond acceptors (Lipinski definition) is 4. The molecule has 0 aliphatic heterocycles. The van der Waals surface area contributed by atoms with E-state index in [2.05, 4.69) is 0 Å². The molecular formula is C12H26N2O3. The fourth-order valence-electron chi connectivity index (χ4n) is 1.26. The molecule has 0 aliphatic carbocycles. The Balaban J connectivity index is 3.33. The van der Waals surface area contributed by atoms with Crippen molar-refractivity contribution in [2.75, 3.05) is 19.8 Å². The van der Waals surface area contributed by atoms with Gasteiger partial charge in [-0.05, 0) is 40.0 Å². The van der Waals surface area contributed by atoms with Gasteiger partial charge in [0, 0.05) is 6.61 Å². The molecule has 0 saturated carbocycles. The van der Waals surface area contributed by atoms with Crippen molar-refractivity contribution in [3.63, 3.8) is 0 Å². The first-order valence-electron chi connectivity index (χ1n) is 6.14. The van der Waals surface area contributed by atoms with E-state index in [4.69, 9.17) is 20.9 Å². The smallest absolute Gasteiger partial charge is 0.237 e. The lowest BCUT2D eigenvalue weighted by Crippen LogP contribution is -2.49. The lowest BCUT2D eigenvalue weighted by molar-refractivity contribution is -0.122. The molecule has 0 fully saturated rings. The van der Waals surface area contributed by atoms with E-state index in [0.29, 0.717) is 26.2 Å². The van der Waals surface area contributed by atoms with E-state index in [1.54, 1.807) is 6.92 Å². The van der Waals surface area contributed by atoms with E-state index in [-0.39, 0.29) is 6.10 Å². The van der Waals surface area contributed by atoms with E-state index in [9.17, 15) is 4.79 Å². The monoisotopic (exact) mass is 246 g/mol. The second-order valence-corrected chi connectivity index (χ2v) is 4.77. The van der Waals surface area contributed by atoms with Gasteiger partial charge in [0.05, 0.1) is 24.9 Å². The van der Waals surface area contributed by atoms with E-state index in [1.807, 2.05) is 13.8 Å². The van der Waals surface area contributed by atoms with Crippen molar-refractivity contribution in [2.45, 2.75) is 51.7 Å². The van der Waals surface area contributed by atoms with Gasteiger partial charge in [0.15, 0.2) is 0 Å². The van der Waals surface area contributed by atoms with Gasteiger partial charge >= 0.3 is 0 Å². The van der Waals surface area contributed by atoms with Crippen LogP contribution in [0.5, 0.6) is 0 Å². The number of primary amides is 1. The predicted octanol–water partition coefficient (Wildman–Crippen LogP) is 0.801. The highest BCUT2D eigenvalue weighted by Crippen LogP contribution is 2.09. The van der Waals surface area contributed by atoms with Crippen LogP contribution in [0.2, 0.25) is 0 Å². The highest BCUT2D eigenvalue weighted by molar-refractivity contribution is 5.83. The summed E-state index contributed by atoms with van der Waals surface area (Å²) in [4.78, 5) is 10.9. The van der Waals surface area contributed by atoms with Gasteiger partial charge in [0.1, 0.15) is 0 Å². The van der Waals surface area contributed by atoms with Crippen molar-refractivity contribution < 1.29 is 14.3 Å². The average molecular weight is 246 g/mol. The first-order chi connectivity index (χ1) is 7.86. The van der Waals surface area contributed by atoms with Crippen LogP contribution in [0.4, 0.5) is 0 Å². The topological polar surface area (TPSA) is 87.6 Å². The van der Waals surface area contributed by atoms with Crippen LogP contribution < -0.4 is 11.5 Å². The molecule has 4 N–H and O–H groups in total. The van der Waals surface area contributed by atoms with Gasteiger partial charge in [-0.1, -0.05) is 0 Å². The van der Waals surface area contributed by atoms with Crippen molar-refractivity contribution in [3.05, 3.63) is 0 Å². The zero-order valence-corrected chi connectivity index (χ0v) is 11.2. The Labute approximate surface area is 104 Å². The summed E-state index contributed by atoms with van der Waals surface area (Å²) in [6.07, 6.45) is 2.55. The zero-order chi connectivity index (χ0) is 13.3. The normalized spacial score (nSPS) is 14.9. The maximum Gasteiger partial charge on any atom is 0.237 e. The van der Waals surface area contributed by atoms with E-state index in [1.165, 1.54) is 0 Å². The van der Waals surface area contributed by atoms with Crippen molar-refractivity contribution in [2.24, 2.45) is 11.5 Å². The number of rotatable bonds is 10. The van der Waals surface area contributed by atoms with E-state index in [0.717, 1.165) is 12.8 Å². The fourth-order valence-corrected chi connectivity index (χ4v) is 1.26. The molecule has 0 aromatic heterocycles. The summed E-state index contributed by atoms with van der Waals surface area (Å²) < 4.78 is 10.7. The summed E-state index contributed by atoms with van der Waals surface area (Å²) in [6, 6.07) is 0. The van der Waals surface area contributed by atoms with Crippen LogP contribution >= 0.6 is 0 Å². The number of amides is 1. The van der Waals surface area contributed by atoms with Crippen LogP contribution in [-0.2, 0) is 14.3 Å². The molecule has 1 amide bonds. The van der Waals surface area contributed by atoms with Crippen LogP contribution in [0.25, 0.3) is 0 Å². The van der Waals surface area contributed by atoms with Crippen LogP contribution in [0, 0.1) is 0 Å². The maximum absolute atomic E-state index is 10.9. The molecule has 0 spiro atoms. The second kappa shape index (κ2) is 8.44. The standard InChI is InChI=1S/C12H26N2O3/c1-10(2)17-9-8-16-7-5-4-6-12(3,14)11(13)15/h10H,4-9,14H2,1-3H3,(H2,13,15). The predicted molar refractivity (Wildman–Crippen MR) is 67.5 cm³/mol. The minimum Gasteiger partial charge on any atom is -0.379 e. The molecule has 0 saturated heterocycles. The van der Waals surface area contributed by atoms with Gasteiger partial charge in [-0.2, -0.15) is 0 Å². The third-order valence-corrected chi connectivity index (χ3v) is 2.48. The Morgan fingerprint density at radius 2 is 1.88 bits per heavy atom. The van der Waals surface area contributed by atoms with Crippen LogP contribution in [-0.4, -0.2) is 37.4 Å². The van der Waals surface area contributed by atoms with Gasteiger partial charge in [-0.15, -0.1) is 0 Å². The summed E-state index contributed by atoms with van der Waals surface area (Å²) in [6.45, 7) is 7.53. The molecule has 17 heavy (non-hydrogen) atoms. The molecule has 0 heterocycles. The highest BCUT2D eigenvalue weighted by atomic mass is 16.5. The largest absolute Gasteiger partial charge is 0.379 e. The summed E-state index contributed by atoms with van der Waals surface area (Å²) in [5, 5.41) is 0. The molecule has 1 unspecified atom stereocenters. The highest BCUT2D eigenvalue weighted by Gasteiger charge is 2.24. The number of unbranched alkanes of at least 4 members (excludes halogenated alkanes) is 1. The molecular weight excluding hydrogens is 220 g/mol.